The van der Waals surface area contributed by atoms with Crippen molar-refractivity contribution >= 4 is 44.8 Å². The van der Waals surface area contributed by atoms with E-state index in [1.54, 1.807) is 31.4 Å². The molecule has 0 bridgehead atoms. The fourth-order valence-corrected chi connectivity index (χ4v) is 2.73. The number of hydrogen-bond donors (Lipinski definition) is 1. The number of benzene rings is 2. The van der Waals surface area contributed by atoms with E-state index in [-0.39, 0.29) is 5.91 Å². The quantitative estimate of drug-likeness (QED) is 0.849. The Labute approximate surface area is 143 Å². The Morgan fingerprint density at radius 2 is 1.95 bits per heavy atom. The fourth-order valence-electron chi connectivity index (χ4n) is 1.95. The monoisotopic (exact) mass is 382 g/mol. The Hall–Kier alpha value is -1.72. The zero-order valence-corrected chi connectivity index (χ0v) is 14.8. The molecule has 0 aromatic heterocycles. The van der Waals surface area contributed by atoms with Crippen molar-refractivity contribution in [3.8, 4) is 5.75 Å². The number of amides is 1. The Morgan fingerprint density at radius 1 is 1.23 bits per heavy atom. The number of carbonyl (C=O) groups is 1. The molecule has 0 saturated carbocycles. The third kappa shape index (κ3) is 3.72. The van der Waals surface area contributed by atoms with Gasteiger partial charge in [-0.25, -0.2) is 0 Å². The highest BCUT2D eigenvalue weighted by molar-refractivity contribution is 9.10. The van der Waals surface area contributed by atoms with Gasteiger partial charge in [0, 0.05) is 24.3 Å². The van der Waals surface area contributed by atoms with Gasteiger partial charge in [0.1, 0.15) is 5.75 Å². The predicted molar refractivity (Wildman–Crippen MR) is 94.4 cm³/mol. The molecule has 0 aliphatic heterocycles. The molecule has 2 aromatic carbocycles. The lowest BCUT2D eigenvalue weighted by atomic mass is 10.2. The van der Waals surface area contributed by atoms with Crippen molar-refractivity contribution in [1.82, 2.24) is 0 Å². The molecule has 1 amide bonds. The molecule has 2 rings (SSSR count). The van der Waals surface area contributed by atoms with Gasteiger partial charge < -0.3 is 15.0 Å². The third-order valence-electron chi connectivity index (χ3n) is 3.11. The molecule has 0 heterocycles. The summed E-state index contributed by atoms with van der Waals surface area (Å²) in [5.41, 5.74) is 2.02. The second-order valence-corrected chi connectivity index (χ2v) is 6.12. The molecule has 22 heavy (non-hydrogen) atoms. The number of halogens is 2. The van der Waals surface area contributed by atoms with E-state index in [1.807, 2.05) is 31.1 Å². The SMILES string of the molecule is COc1ccc(Br)c(C(=O)Nc2ccc(N(C)C)c(Cl)c2)c1. The van der Waals surface area contributed by atoms with Gasteiger partial charge in [0.25, 0.3) is 5.91 Å². The summed E-state index contributed by atoms with van der Waals surface area (Å²) in [5, 5.41) is 3.41. The summed E-state index contributed by atoms with van der Waals surface area (Å²) in [4.78, 5) is 14.3. The Balaban J connectivity index is 2.24. The van der Waals surface area contributed by atoms with Crippen molar-refractivity contribution in [3.63, 3.8) is 0 Å². The van der Waals surface area contributed by atoms with Gasteiger partial charge in [-0.15, -0.1) is 0 Å². The first kappa shape index (κ1) is 16.6. The Bertz CT molecular complexity index is 705. The average Bonchev–Trinajstić information content (AvgIpc) is 2.47. The van der Waals surface area contributed by atoms with Crippen LogP contribution in [0.5, 0.6) is 5.75 Å². The highest BCUT2D eigenvalue weighted by Crippen LogP contribution is 2.28. The van der Waals surface area contributed by atoms with Crippen LogP contribution in [0.15, 0.2) is 40.9 Å². The van der Waals surface area contributed by atoms with Gasteiger partial charge >= 0.3 is 0 Å². The van der Waals surface area contributed by atoms with Crippen molar-refractivity contribution in [2.75, 3.05) is 31.4 Å². The van der Waals surface area contributed by atoms with Crippen LogP contribution in [-0.4, -0.2) is 27.1 Å². The summed E-state index contributed by atoms with van der Waals surface area (Å²) >= 11 is 9.58. The maximum Gasteiger partial charge on any atom is 0.256 e. The van der Waals surface area contributed by atoms with Crippen LogP contribution in [0, 0.1) is 0 Å². The normalized spacial score (nSPS) is 10.2. The average molecular weight is 384 g/mol. The molecule has 116 valence electrons. The molecular formula is C16H16BrClN2O2. The summed E-state index contributed by atoms with van der Waals surface area (Å²) in [5.74, 6) is 0.383. The van der Waals surface area contributed by atoms with Gasteiger partial charge in [-0.05, 0) is 52.3 Å². The highest BCUT2D eigenvalue weighted by Gasteiger charge is 2.13. The van der Waals surface area contributed by atoms with Crippen LogP contribution in [-0.2, 0) is 0 Å². The number of nitrogens with one attached hydrogen (secondary N) is 1. The van der Waals surface area contributed by atoms with E-state index >= 15 is 0 Å². The summed E-state index contributed by atoms with van der Waals surface area (Å²) in [6, 6.07) is 10.6. The first-order chi connectivity index (χ1) is 10.4. The maximum absolute atomic E-state index is 12.4. The molecule has 0 fully saturated rings. The largest absolute Gasteiger partial charge is 0.497 e. The van der Waals surface area contributed by atoms with Crippen LogP contribution in [0.3, 0.4) is 0 Å². The number of carbonyl (C=O) groups excluding carboxylic acids is 1. The van der Waals surface area contributed by atoms with E-state index in [9.17, 15) is 4.79 Å². The second-order valence-electron chi connectivity index (χ2n) is 4.86. The molecule has 0 aliphatic carbocycles. The highest BCUT2D eigenvalue weighted by atomic mass is 79.9. The van der Waals surface area contributed by atoms with Crippen LogP contribution in [0.4, 0.5) is 11.4 Å². The molecule has 1 N–H and O–H groups in total. The summed E-state index contributed by atoms with van der Waals surface area (Å²) in [6.07, 6.45) is 0. The van der Waals surface area contributed by atoms with Gasteiger partial charge in [0.15, 0.2) is 0 Å². The zero-order chi connectivity index (χ0) is 16.3. The maximum atomic E-state index is 12.4. The van der Waals surface area contributed by atoms with Crippen LogP contribution in [0.25, 0.3) is 0 Å². The summed E-state index contributed by atoms with van der Waals surface area (Å²) in [6.45, 7) is 0. The molecule has 0 radical (unpaired) electrons. The summed E-state index contributed by atoms with van der Waals surface area (Å²) in [7, 11) is 5.38. The minimum absolute atomic E-state index is 0.237. The van der Waals surface area contributed by atoms with Crippen LogP contribution >= 0.6 is 27.5 Å². The molecule has 4 nitrogen and oxygen atoms in total. The Morgan fingerprint density at radius 3 is 2.55 bits per heavy atom. The summed E-state index contributed by atoms with van der Waals surface area (Å²) < 4.78 is 5.84. The lowest BCUT2D eigenvalue weighted by molar-refractivity contribution is 0.102. The van der Waals surface area contributed by atoms with Gasteiger partial charge in [-0.2, -0.15) is 0 Å². The molecule has 0 aliphatic rings. The van der Waals surface area contributed by atoms with E-state index in [0.29, 0.717) is 26.5 Å². The molecule has 6 heteroatoms. The first-order valence-electron chi connectivity index (χ1n) is 6.54. The van der Waals surface area contributed by atoms with E-state index in [2.05, 4.69) is 21.2 Å². The van der Waals surface area contributed by atoms with E-state index in [1.165, 1.54) is 0 Å². The second kappa shape index (κ2) is 7.03. The third-order valence-corrected chi connectivity index (χ3v) is 4.10. The smallest absolute Gasteiger partial charge is 0.256 e. The molecule has 0 saturated heterocycles. The molecule has 0 spiro atoms. The standard InChI is InChI=1S/C16H16BrClN2O2/c1-20(2)15-7-4-10(8-14(15)18)19-16(21)12-9-11(22-3)5-6-13(12)17/h4-9H,1-3H3,(H,19,21). The lowest BCUT2D eigenvalue weighted by Crippen LogP contribution is -2.13. The van der Waals surface area contributed by atoms with Crippen molar-refractivity contribution in [2.24, 2.45) is 0 Å². The Kier molecular flexibility index (Phi) is 5.32. The fraction of sp³-hybridized carbons (Fsp3) is 0.188. The number of nitrogens with zero attached hydrogens (tertiary/aromatic N) is 1. The molecule has 0 unspecified atom stereocenters. The number of anilines is 2. The van der Waals surface area contributed by atoms with Gasteiger partial charge in [-0.3, -0.25) is 4.79 Å². The van der Waals surface area contributed by atoms with Crippen LogP contribution in [0.2, 0.25) is 5.02 Å². The molecule has 0 atom stereocenters. The minimum Gasteiger partial charge on any atom is -0.497 e. The number of hydrogen-bond acceptors (Lipinski definition) is 3. The van der Waals surface area contributed by atoms with E-state index in [4.69, 9.17) is 16.3 Å². The van der Waals surface area contributed by atoms with Gasteiger partial charge in [0.2, 0.25) is 0 Å². The van der Waals surface area contributed by atoms with E-state index in [0.717, 1.165) is 5.69 Å². The number of ether oxygens (including phenoxy) is 1. The van der Waals surface area contributed by atoms with Crippen molar-refractivity contribution in [3.05, 3.63) is 51.5 Å². The van der Waals surface area contributed by atoms with E-state index < -0.39 is 0 Å². The number of rotatable bonds is 4. The molecular weight excluding hydrogens is 368 g/mol. The van der Waals surface area contributed by atoms with Gasteiger partial charge in [0.05, 0.1) is 23.4 Å². The lowest BCUT2D eigenvalue weighted by Gasteiger charge is -2.15. The van der Waals surface area contributed by atoms with Gasteiger partial charge in [-0.1, -0.05) is 11.6 Å². The first-order valence-corrected chi connectivity index (χ1v) is 7.71. The number of methoxy groups -OCH3 is 1. The minimum atomic E-state index is -0.237. The van der Waals surface area contributed by atoms with Crippen molar-refractivity contribution in [1.29, 1.82) is 0 Å². The van der Waals surface area contributed by atoms with Crippen LogP contribution in [0.1, 0.15) is 10.4 Å². The van der Waals surface area contributed by atoms with Crippen molar-refractivity contribution < 1.29 is 9.53 Å². The zero-order valence-electron chi connectivity index (χ0n) is 12.5. The topological polar surface area (TPSA) is 41.6 Å². The van der Waals surface area contributed by atoms with Crippen LogP contribution < -0.4 is 15.0 Å². The molecule has 2 aromatic rings. The predicted octanol–water partition coefficient (Wildman–Crippen LogP) is 4.43. The van der Waals surface area contributed by atoms with Crippen molar-refractivity contribution in [2.45, 2.75) is 0 Å².